The molecule has 1 saturated heterocycles. The van der Waals surface area contributed by atoms with E-state index in [-0.39, 0.29) is 48.3 Å². The summed E-state index contributed by atoms with van der Waals surface area (Å²) < 4.78 is 2.02. The molecular weight excluding hydrogens is 673 g/mol. The summed E-state index contributed by atoms with van der Waals surface area (Å²) in [4.78, 5) is 48.6. The SMILES string of the molecule is Cc1sc2c(c1C)C(c1ccc(Cl)cc1)=N[C@@H](CC(=O)N1CCN(C(=O)c3ccc(C(=O)O)c(C#CCN)c3)CC1)c1nnc(C)n1-2.Cl. The van der Waals surface area contributed by atoms with Crippen molar-refractivity contribution in [2.24, 2.45) is 10.7 Å². The van der Waals surface area contributed by atoms with Gasteiger partial charge < -0.3 is 20.6 Å². The van der Waals surface area contributed by atoms with Crippen LogP contribution < -0.4 is 5.73 Å². The van der Waals surface area contributed by atoms with Crippen molar-refractivity contribution in [3.63, 3.8) is 0 Å². The fourth-order valence-electron chi connectivity index (χ4n) is 5.88. The molecule has 248 valence electrons. The molecule has 0 bridgehead atoms. The van der Waals surface area contributed by atoms with Crippen molar-refractivity contribution in [2.45, 2.75) is 33.2 Å². The van der Waals surface area contributed by atoms with Crippen LogP contribution in [0.3, 0.4) is 0 Å². The molecule has 6 rings (SSSR count). The zero-order valence-corrected chi connectivity index (χ0v) is 28.9. The van der Waals surface area contributed by atoms with Crippen LogP contribution in [0, 0.1) is 32.6 Å². The number of fused-ring (bicyclic) bond motifs is 3. The third-order valence-electron chi connectivity index (χ3n) is 8.47. The Bertz CT molecular complexity index is 2000. The lowest BCUT2D eigenvalue weighted by atomic mass is 9.99. The normalized spacial score (nSPS) is 15.3. The first-order chi connectivity index (χ1) is 22.6. The second kappa shape index (κ2) is 14.3. The molecule has 0 spiro atoms. The summed E-state index contributed by atoms with van der Waals surface area (Å²) >= 11 is 7.87. The summed E-state index contributed by atoms with van der Waals surface area (Å²) in [7, 11) is 0. The molecule has 2 aliphatic heterocycles. The van der Waals surface area contributed by atoms with Gasteiger partial charge in [-0.2, -0.15) is 0 Å². The lowest BCUT2D eigenvalue weighted by molar-refractivity contribution is -0.133. The van der Waals surface area contributed by atoms with Crippen LogP contribution in [-0.2, 0) is 4.79 Å². The zero-order valence-electron chi connectivity index (χ0n) is 26.5. The number of aromatic carboxylic acids is 1. The molecule has 0 radical (unpaired) electrons. The Kier molecular flexibility index (Phi) is 10.4. The first-order valence-electron chi connectivity index (χ1n) is 15.1. The minimum absolute atomic E-state index is 0. The number of piperazine rings is 1. The molecule has 2 aliphatic rings. The minimum Gasteiger partial charge on any atom is -0.478 e. The Hall–Kier alpha value is -4.54. The average molecular weight is 707 g/mol. The van der Waals surface area contributed by atoms with Crippen molar-refractivity contribution in [3.05, 3.63) is 97.4 Å². The number of amides is 2. The van der Waals surface area contributed by atoms with Crippen molar-refractivity contribution in [1.82, 2.24) is 24.6 Å². The third-order valence-corrected chi connectivity index (χ3v) is 9.91. The van der Waals surface area contributed by atoms with Crippen molar-refractivity contribution in [3.8, 4) is 16.8 Å². The fourth-order valence-corrected chi connectivity index (χ4v) is 7.22. The smallest absolute Gasteiger partial charge is 0.336 e. The van der Waals surface area contributed by atoms with Crippen LogP contribution in [-0.4, -0.2) is 85.9 Å². The van der Waals surface area contributed by atoms with Gasteiger partial charge in [0.05, 0.1) is 24.2 Å². The van der Waals surface area contributed by atoms with Crippen LogP contribution in [0.25, 0.3) is 5.00 Å². The van der Waals surface area contributed by atoms with E-state index in [2.05, 4.69) is 35.9 Å². The number of aromatic nitrogens is 3. The van der Waals surface area contributed by atoms with E-state index in [0.717, 1.165) is 32.3 Å². The number of aliphatic imine (C=N–C) groups is 1. The summed E-state index contributed by atoms with van der Waals surface area (Å²) in [5.74, 6) is 5.23. The lowest BCUT2D eigenvalue weighted by Crippen LogP contribution is -2.50. The number of nitrogens with zero attached hydrogens (tertiary/aromatic N) is 6. The Morgan fingerprint density at radius 3 is 2.38 bits per heavy atom. The van der Waals surface area contributed by atoms with Gasteiger partial charge >= 0.3 is 5.97 Å². The number of carbonyl (C=O) groups excluding carboxylic acids is 2. The third kappa shape index (κ3) is 6.59. The maximum absolute atomic E-state index is 13.8. The molecule has 2 aromatic carbocycles. The minimum atomic E-state index is -1.13. The Balaban J connectivity index is 0.00000451. The molecule has 3 N–H and O–H groups in total. The highest BCUT2D eigenvalue weighted by molar-refractivity contribution is 7.15. The molecule has 0 unspecified atom stereocenters. The lowest BCUT2D eigenvalue weighted by Gasteiger charge is -2.35. The number of halogens is 2. The highest BCUT2D eigenvalue weighted by atomic mass is 35.5. The molecule has 4 aromatic rings. The van der Waals surface area contributed by atoms with Crippen molar-refractivity contribution in [1.29, 1.82) is 0 Å². The number of rotatable bonds is 5. The number of hydrogen-bond acceptors (Lipinski definition) is 8. The molecular formula is C34H33Cl2N7O4S. The van der Waals surface area contributed by atoms with Crippen LogP contribution in [0.2, 0.25) is 5.02 Å². The maximum atomic E-state index is 13.8. The van der Waals surface area contributed by atoms with Gasteiger partial charge in [0.15, 0.2) is 5.82 Å². The fraction of sp³-hybridized carbons (Fsp3) is 0.294. The van der Waals surface area contributed by atoms with Crippen molar-refractivity contribution in [2.75, 3.05) is 32.7 Å². The second-order valence-electron chi connectivity index (χ2n) is 11.4. The van der Waals surface area contributed by atoms with Crippen molar-refractivity contribution < 1.29 is 19.5 Å². The van der Waals surface area contributed by atoms with E-state index in [1.807, 2.05) is 35.8 Å². The molecule has 1 fully saturated rings. The highest BCUT2D eigenvalue weighted by Gasteiger charge is 2.34. The summed E-state index contributed by atoms with van der Waals surface area (Å²) in [5, 5.41) is 20.0. The number of carbonyl (C=O) groups is 3. The molecule has 48 heavy (non-hydrogen) atoms. The van der Waals surface area contributed by atoms with Gasteiger partial charge in [0.25, 0.3) is 5.91 Å². The van der Waals surface area contributed by atoms with Crippen LogP contribution in [0.1, 0.15) is 72.0 Å². The van der Waals surface area contributed by atoms with Crippen LogP contribution in [0.4, 0.5) is 0 Å². The molecule has 1 atom stereocenters. The van der Waals surface area contributed by atoms with Gasteiger partial charge in [-0.1, -0.05) is 35.6 Å². The van der Waals surface area contributed by atoms with Gasteiger partial charge in [-0.25, -0.2) is 4.79 Å². The quantitative estimate of drug-likeness (QED) is 0.289. The molecule has 4 heterocycles. The number of thiophene rings is 1. The Morgan fingerprint density at radius 2 is 1.71 bits per heavy atom. The molecule has 0 saturated carbocycles. The van der Waals surface area contributed by atoms with E-state index in [1.165, 1.54) is 18.2 Å². The molecule has 0 aliphatic carbocycles. The van der Waals surface area contributed by atoms with Gasteiger partial charge in [-0.05, 0) is 56.7 Å². The first-order valence-corrected chi connectivity index (χ1v) is 16.3. The first kappa shape index (κ1) is 34.8. The number of benzene rings is 2. The van der Waals surface area contributed by atoms with Gasteiger partial charge in [0.2, 0.25) is 5.91 Å². The van der Waals surface area contributed by atoms with E-state index in [0.29, 0.717) is 48.4 Å². The largest absolute Gasteiger partial charge is 0.478 e. The number of aryl methyl sites for hydroxylation is 2. The predicted octanol–water partition coefficient (Wildman–Crippen LogP) is 4.60. The van der Waals surface area contributed by atoms with E-state index in [9.17, 15) is 19.5 Å². The Morgan fingerprint density at radius 1 is 1.02 bits per heavy atom. The van der Waals surface area contributed by atoms with Crippen LogP contribution in [0.15, 0.2) is 47.5 Å². The molecule has 14 heteroatoms. The monoisotopic (exact) mass is 705 g/mol. The van der Waals surface area contributed by atoms with Crippen LogP contribution in [0.5, 0.6) is 0 Å². The maximum Gasteiger partial charge on any atom is 0.336 e. The number of hydrogen-bond donors (Lipinski definition) is 2. The predicted molar refractivity (Wildman–Crippen MR) is 187 cm³/mol. The van der Waals surface area contributed by atoms with Crippen LogP contribution >= 0.6 is 35.3 Å². The number of carboxylic acids is 1. The van der Waals surface area contributed by atoms with Gasteiger partial charge in [-0.15, -0.1) is 33.9 Å². The average Bonchev–Trinajstić information content (AvgIpc) is 3.55. The topological polar surface area (TPSA) is 147 Å². The van der Waals surface area contributed by atoms with E-state index >= 15 is 0 Å². The number of nitrogens with two attached hydrogens (primary N) is 1. The van der Waals surface area contributed by atoms with Gasteiger partial charge in [-0.3, -0.25) is 19.1 Å². The number of carboxylic acid groups (broad SMARTS) is 1. The van der Waals surface area contributed by atoms with E-state index < -0.39 is 12.0 Å². The summed E-state index contributed by atoms with van der Waals surface area (Å²) in [6.07, 6.45) is 0.0793. The molecule has 11 nitrogen and oxygen atoms in total. The zero-order chi connectivity index (χ0) is 33.4. The summed E-state index contributed by atoms with van der Waals surface area (Å²) in [6.45, 7) is 7.46. The molecule has 2 aromatic heterocycles. The summed E-state index contributed by atoms with van der Waals surface area (Å²) in [6, 6.07) is 11.3. The highest BCUT2D eigenvalue weighted by Crippen LogP contribution is 2.39. The van der Waals surface area contributed by atoms with Gasteiger partial charge in [0, 0.05) is 58.3 Å². The summed E-state index contributed by atoms with van der Waals surface area (Å²) in [5.41, 5.74) is 9.80. The van der Waals surface area contributed by atoms with E-state index in [1.54, 1.807) is 21.1 Å². The second-order valence-corrected chi connectivity index (χ2v) is 13.0. The Labute approximate surface area is 292 Å². The van der Waals surface area contributed by atoms with Crippen molar-refractivity contribution >= 4 is 58.8 Å². The van der Waals surface area contributed by atoms with E-state index in [4.69, 9.17) is 22.3 Å². The molecule has 2 amide bonds. The van der Waals surface area contributed by atoms with Gasteiger partial charge in [0.1, 0.15) is 16.9 Å². The standard InChI is InChI=1S/C34H32ClN7O4S.ClH/c1-19-20(2)47-33-29(19)30(22-6-9-25(35)10-7-22)37-27(31-39-38-21(3)42(31)33)18-28(43)40-13-15-41(16-14-40)32(44)24-8-11-26(34(45)46)23(17-24)5-4-12-36;/h6-11,17,27H,12-16,18,36H2,1-3H3,(H,45,46);1H/t27-;/m0./s1.